The van der Waals surface area contributed by atoms with E-state index in [1.165, 1.54) is 10.5 Å². The Bertz CT molecular complexity index is 572. The summed E-state index contributed by atoms with van der Waals surface area (Å²) in [5, 5.41) is 3.50. The fraction of sp³-hybridized carbons (Fsp3) is 0.667. The Hall–Kier alpha value is -1.41. The molecule has 0 N–H and O–H groups in total. The number of hydrogen-bond acceptors (Lipinski definition) is 6. The smallest absolute Gasteiger partial charge is 0.309 e. The van der Waals surface area contributed by atoms with Crippen molar-refractivity contribution in [3.63, 3.8) is 0 Å². The lowest BCUT2D eigenvalue weighted by Crippen LogP contribution is -2.40. The van der Waals surface area contributed by atoms with E-state index in [4.69, 9.17) is 9.26 Å². The van der Waals surface area contributed by atoms with Crippen molar-refractivity contribution in [2.45, 2.75) is 31.6 Å². The summed E-state index contributed by atoms with van der Waals surface area (Å²) in [6, 6.07) is 0. The van der Waals surface area contributed by atoms with Gasteiger partial charge in [-0.15, -0.1) is 0 Å². The molecule has 1 saturated heterocycles. The highest BCUT2D eigenvalue weighted by atomic mass is 32.2. The predicted octanol–water partition coefficient (Wildman–Crippen LogP) is 0.947. The zero-order chi connectivity index (χ0) is 14.8. The summed E-state index contributed by atoms with van der Waals surface area (Å²) >= 11 is 0. The highest BCUT2D eigenvalue weighted by Crippen LogP contribution is 2.25. The van der Waals surface area contributed by atoms with Crippen LogP contribution in [0.1, 0.15) is 25.5 Å². The minimum absolute atomic E-state index is 0.0899. The molecule has 0 radical (unpaired) electrons. The predicted molar refractivity (Wildman–Crippen MR) is 69.4 cm³/mol. The minimum Gasteiger partial charge on any atom is -0.466 e. The van der Waals surface area contributed by atoms with Gasteiger partial charge in [0, 0.05) is 13.1 Å². The van der Waals surface area contributed by atoms with Gasteiger partial charge in [-0.05, 0) is 26.7 Å². The molecule has 1 fully saturated rings. The molecule has 112 valence electrons. The number of hydrogen-bond donors (Lipinski definition) is 0. The number of piperidine rings is 1. The molecule has 1 aromatic rings. The maximum atomic E-state index is 12.4. The highest BCUT2D eigenvalue weighted by molar-refractivity contribution is 7.89. The molecule has 0 saturated carbocycles. The van der Waals surface area contributed by atoms with E-state index in [0.29, 0.717) is 32.5 Å². The SMILES string of the molecule is CCOC(=O)C1CCN(S(=O)(=O)c2cnoc2C)CC1. The second-order valence-corrected chi connectivity index (χ2v) is 6.58. The van der Waals surface area contributed by atoms with Gasteiger partial charge in [0.05, 0.1) is 18.7 Å². The maximum absolute atomic E-state index is 12.4. The number of sulfonamides is 1. The van der Waals surface area contributed by atoms with Crippen LogP contribution in [0.25, 0.3) is 0 Å². The molecule has 2 rings (SSSR count). The third-order valence-corrected chi connectivity index (χ3v) is 5.39. The summed E-state index contributed by atoms with van der Waals surface area (Å²) in [5.41, 5.74) is 0. The molecule has 1 aliphatic rings. The Kier molecular flexibility index (Phi) is 4.44. The van der Waals surface area contributed by atoms with Crippen molar-refractivity contribution in [1.29, 1.82) is 0 Å². The van der Waals surface area contributed by atoms with E-state index in [1.54, 1.807) is 13.8 Å². The lowest BCUT2D eigenvalue weighted by Gasteiger charge is -2.29. The summed E-state index contributed by atoms with van der Waals surface area (Å²) in [4.78, 5) is 11.7. The van der Waals surface area contributed by atoms with Crippen LogP contribution in [0.2, 0.25) is 0 Å². The van der Waals surface area contributed by atoms with Gasteiger partial charge in [-0.3, -0.25) is 4.79 Å². The first-order chi connectivity index (χ1) is 9.46. The van der Waals surface area contributed by atoms with Gasteiger partial charge in [-0.1, -0.05) is 5.16 Å². The van der Waals surface area contributed by atoms with E-state index in [9.17, 15) is 13.2 Å². The standard InChI is InChI=1S/C12H18N2O5S/c1-3-18-12(15)10-4-6-14(7-5-10)20(16,17)11-8-13-19-9(11)2/h8,10H,3-7H2,1-2H3. The van der Waals surface area contributed by atoms with Crippen LogP contribution in [-0.4, -0.2) is 43.5 Å². The van der Waals surface area contributed by atoms with E-state index in [0.717, 1.165) is 0 Å². The van der Waals surface area contributed by atoms with E-state index >= 15 is 0 Å². The average molecular weight is 302 g/mol. The second kappa shape index (κ2) is 5.92. The van der Waals surface area contributed by atoms with E-state index < -0.39 is 10.0 Å². The summed E-state index contributed by atoms with van der Waals surface area (Å²) in [6.07, 6.45) is 2.16. The number of aryl methyl sites for hydroxylation is 1. The number of carbonyl (C=O) groups is 1. The van der Waals surface area contributed by atoms with Crippen molar-refractivity contribution in [2.24, 2.45) is 5.92 Å². The van der Waals surface area contributed by atoms with Gasteiger partial charge in [-0.2, -0.15) is 4.31 Å². The Balaban J connectivity index is 2.04. The van der Waals surface area contributed by atoms with Crippen LogP contribution in [0.15, 0.2) is 15.6 Å². The number of carbonyl (C=O) groups excluding carboxylic acids is 1. The molecule has 2 heterocycles. The van der Waals surface area contributed by atoms with E-state index in [2.05, 4.69) is 5.16 Å². The average Bonchev–Trinajstić information content (AvgIpc) is 2.86. The van der Waals surface area contributed by atoms with Crippen molar-refractivity contribution in [2.75, 3.05) is 19.7 Å². The van der Waals surface area contributed by atoms with Crippen LogP contribution in [0, 0.1) is 12.8 Å². The molecule has 8 heteroatoms. The molecule has 0 atom stereocenters. The van der Waals surface area contributed by atoms with Gasteiger partial charge >= 0.3 is 5.97 Å². The number of rotatable bonds is 4. The van der Waals surface area contributed by atoms with Gasteiger partial charge in [-0.25, -0.2) is 8.42 Å². The van der Waals surface area contributed by atoms with Gasteiger partial charge in [0.2, 0.25) is 10.0 Å². The largest absolute Gasteiger partial charge is 0.466 e. The summed E-state index contributed by atoms with van der Waals surface area (Å²) in [5.74, 6) is -0.187. The molecule has 0 spiro atoms. The number of ether oxygens (including phenoxy) is 1. The van der Waals surface area contributed by atoms with Crippen molar-refractivity contribution < 1.29 is 22.5 Å². The fourth-order valence-electron chi connectivity index (χ4n) is 2.27. The quantitative estimate of drug-likeness (QED) is 0.769. The Morgan fingerprint density at radius 2 is 2.15 bits per heavy atom. The Labute approximate surface area is 117 Å². The van der Waals surface area contributed by atoms with Gasteiger partial charge in [0.15, 0.2) is 5.76 Å². The maximum Gasteiger partial charge on any atom is 0.309 e. The first-order valence-electron chi connectivity index (χ1n) is 6.55. The minimum atomic E-state index is -3.59. The Morgan fingerprint density at radius 3 is 2.65 bits per heavy atom. The third kappa shape index (κ3) is 2.85. The second-order valence-electron chi connectivity index (χ2n) is 4.68. The molecule has 7 nitrogen and oxygen atoms in total. The number of esters is 1. The van der Waals surface area contributed by atoms with Gasteiger partial charge < -0.3 is 9.26 Å². The normalized spacial score (nSPS) is 18.1. The molecule has 0 amide bonds. The summed E-state index contributed by atoms with van der Waals surface area (Å²) < 4.78 is 35.9. The monoisotopic (exact) mass is 302 g/mol. The number of nitrogens with zero attached hydrogens (tertiary/aromatic N) is 2. The molecule has 0 unspecified atom stereocenters. The van der Waals surface area contributed by atoms with Crippen molar-refractivity contribution in [1.82, 2.24) is 9.46 Å². The fourth-order valence-corrected chi connectivity index (χ4v) is 3.81. The van der Waals surface area contributed by atoms with Gasteiger partial charge in [0.1, 0.15) is 4.90 Å². The summed E-state index contributed by atoms with van der Waals surface area (Å²) in [7, 11) is -3.59. The topological polar surface area (TPSA) is 89.7 Å². The summed E-state index contributed by atoms with van der Waals surface area (Å²) in [6.45, 7) is 4.27. The molecular weight excluding hydrogens is 284 g/mol. The van der Waals surface area contributed by atoms with E-state index in [-0.39, 0.29) is 22.5 Å². The van der Waals surface area contributed by atoms with Crippen LogP contribution in [0.5, 0.6) is 0 Å². The van der Waals surface area contributed by atoms with Crippen LogP contribution in [-0.2, 0) is 19.6 Å². The molecule has 1 aromatic heterocycles. The van der Waals surface area contributed by atoms with Crippen molar-refractivity contribution >= 4 is 16.0 Å². The van der Waals surface area contributed by atoms with Gasteiger partial charge in [0.25, 0.3) is 0 Å². The van der Waals surface area contributed by atoms with Crippen molar-refractivity contribution in [3.05, 3.63) is 12.0 Å². The van der Waals surface area contributed by atoms with Crippen LogP contribution < -0.4 is 0 Å². The van der Waals surface area contributed by atoms with Crippen LogP contribution in [0.3, 0.4) is 0 Å². The lowest BCUT2D eigenvalue weighted by atomic mass is 9.98. The number of aromatic nitrogens is 1. The van der Waals surface area contributed by atoms with Crippen molar-refractivity contribution in [3.8, 4) is 0 Å². The molecule has 20 heavy (non-hydrogen) atoms. The first kappa shape index (κ1) is 15.0. The lowest BCUT2D eigenvalue weighted by molar-refractivity contribution is -0.149. The first-order valence-corrected chi connectivity index (χ1v) is 7.99. The zero-order valence-corrected chi connectivity index (χ0v) is 12.4. The molecule has 0 aromatic carbocycles. The van der Waals surface area contributed by atoms with Crippen LogP contribution >= 0.6 is 0 Å². The zero-order valence-electron chi connectivity index (χ0n) is 11.5. The highest BCUT2D eigenvalue weighted by Gasteiger charge is 2.34. The molecule has 1 aliphatic heterocycles. The molecular formula is C12H18N2O5S. The molecule has 0 bridgehead atoms. The Morgan fingerprint density at radius 1 is 1.50 bits per heavy atom. The molecule has 0 aliphatic carbocycles. The van der Waals surface area contributed by atoms with E-state index in [1.807, 2.05) is 0 Å². The third-order valence-electron chi connectivity index (χ3n) is 3.40. The van der Waals surface area contributed by atoms with Crippen LogP contribution in [0.4, 0.5) is 0 Å².